The molecular weight excluding hydrogens is 310 g/mol. The lowest BCUT2D eigenvalue weighted by Gasteiger charge is -2.26. The maximum absolute atomic E-state index is 12.9. The van der Waals surface area contributed by atoms with E-state index in [9.17, 15) is 4.79 Å². The van der Waals surface area contributed by atoms with Gasteiger partial charge in [-0.3, -0.25) is 4.79 Å². The van der Waals surface area contributed by atoms with Gasteiger partial charge in [-0.2, -0.15) is 0 Å². The van der Waals surface area contributed by atoms with Crippen LogP contribution in [0.15, 0.2) is 49.1 Å². The molecule has 1 aromatic heterocycles. The topological polar surface area (TPSA) is 46.9 Å². The van der Waals surface area contributed by atoms with Crippen molar-refractivity contribution in [2.24, 2.45) is 11.3 Å². The highest BCUT2D eigenvalue weighted by atomic mass is 16.2. The van der Waals surface area contributed by atoms with Crippen LogP contribution < -0.4 is 5.32 Å². The van der Waals surface area contributed by atoms with Crippen LogP contribution in [0.4, 0.5) is 0 Å². The predicted molar refractivity (Wildman–Crippen MR) is 98.0 cm³/mol. The molecule has 1 heterocycles. The lowest BCUT2D eigenvalue weighted by atomic mass is 9.84. The van der Waals surface area contributed by atoms with E-state index in [1.165, 1.54) is 31.2 Å². The SMILES string of the molecule is O=C(NC[C@H](c1ccccc1)C1CCCC1)C1(Cn2ccnc2)CC1. The molecule has 4 heteroatoms. The molecule has 1 amide bonds. The average Bonchev–Trinajstić information content (AvgIpc) is 3.04. The van der Waals surface area contributed by atoms with Crippen LogP contribution in [0.25, 0.3) is 0 Å². The monoisotopic (exact) mass is 337 g/mol. The molecule has 2 fully saturated rings. The van der Waals surface area contributed by atoms with Crippen molar-refractivity contribution in [2.45, 2.75) is 51.0 Å². The Bertz CT molecular complexity index is 685. The van der Waals surface area contributed by atoms with Gasteiger partial charge in [-0.25, -0.2) is 4.98 Å². The van der Waals surface area contributed by atoms with E-state index in [2.05, 4.69) is 40.6 Å². The molecule has 1 aromatic carbocycles. The Balaban J connectivity index is 1.41. The van der Waals surface area contributed by atoms with E-state index in [4.69, 9.17) is 0 Å². The van der Waals surface area contributed by atoms with Crippen LogP contribution >= 0.6 is 0 Å². The number of rotatable bonds is 7. The summed E-state index contributed by atoms with van der Waals surface area (Å²) in [5, 5.41) is 3.30. The number of nitrogens with one attached hydrogen (secondary N) is 1. The molecule has 1 N–H and O–H groups in total. The van der Waals surface area contributed by atoms with E-state index >= 15 is 0 Å². The normalized spacial score (nSPS) is 20.3. The van der Waals surface area contributed by atoms with Crippen molar-refractivity contribution in [3.8, 4) is 0 Å². The summed E-state index contributed by atoms with van der Waals surface area (Å²) in [7, 11) is 0. The van der Waals surface area contributed by atoms with E-state index in [1.807, 2.05) is 10.8 Å². The van der Waals surface area contributed by atoms with Gasteiger partial charge in [0, 0.05) is 31.4 Å². The first-order chi connectivity index (χ1) is 12.3. The highest BCUT2D eigenvalue weighted by molar-refractivity contribution is 5.85. The van der Waals surface area contributed by atoms with Gasteiger partial charge in [0.2, 0.25) is 5.91 Å². The predicted octanol–water partition coefficient (Wildman–Crippen LogP) is 3.75. The van der Waals surface area contributed by atoms with Crippen LogP contribution in [0.1, 0.15) is 50.0 Å². The number of hydrogen-bond acceptors (Lipinski definition) is 2. The smallest absolute Gasteiger partial charge is 0.228 e. The summed E-state index contributed by atoms with van der Waals surface area (Å²) in [6, 6.07) is 10.7. The summed E-state index contributed by atoms with van der Waals surface area (Å²) in [4.78, 5) is 17.0. The molecule has 132 valence electrons. The van der Waals surface area contributed by atoms with Gasteiger partial charge < -0.3 is 9.88 Å². The van der Waals surface area contributed by atoms with Crippen LogP contribution in [-0.2, 0) is 11.3 Å². The van der Waals surface area contributed by atoms with Gasteiger partial charge in [0.1, 0.15) is 0 Å². The minimum absolute atomic E-state index is 0.211. The standard InChI is InChI=1S/C21H27N3O/c25-20(21(10-11-21)15-24-13-12-22-16-24)23-14-19(18-8-4-5-9-18)17-6-2-1-3-7-17/h1-3,6-7,12-13,16,18-19H,4-5,8-11,14-15H2,(H,23,25)/t19-/m1/s1. The van der Waals surface area contributed by atoms with Crippen molar-refractivity contribution in [1.29, 1.82) is 0 Å². The highest BCUT2D eigenvalue weighted by Crippen LogP contribution is 2.47. The fourth-order valence-corrected chi connectivity index (χ4v) is 4.34. The number of aromatic nitrogens is 2. The van der Waals surface area contributed by atoms with Crippen molar-refractivity contribution in [2.75, 3.05) is 6.54 Å². The second-order valence-corrected chi connectivity index (χ2v) is 7.79. The quantitative estimate of drug-likeness (QED) is 0.836. The molecule has 2 aromatic rings. The van der Waals surface area contributed by atoms with Gasteiger partial charge >= 0.3 is 0 Å². The molecule has 1 atom stereocenters. The molecule has 4 nitrogen and oxygen atoms in total. The molecule has 0 radical (unpaired) electrons. The van der Waals surface area contributed by atoms with Gasteiger partial charge in [-0.05, 0) is 37.2 Å². The van der Waals surface area contributed by atoms with Gasteiger partial charge in [0.05, 0.1) is 11.7 Å². The lowest BCUT2D eigenvalue weighted by molar-refractivity contribution is -0.126. The number of hydrogen-bond donors (Lipinski definition) is 1. The first kappa shape index (κ1) is 16.4. The summed E-state index contributed by atoms with van der Waals surface area (Å²) in [5.74, 6) is 1.36. The van der Waals surface area contributed by atoms with Gasteiger partial charge in [0.25, 0.3) is 0 Å². The Morgan fingerprint density at radius 1 is 1.24 bits per heavy atom. The Hall–Kier alpha value is -2.10. The summed E-state index contributed by atoms with van der Waals surface area (Å²) < 4.78 is 2.03. The fraction of sp³-hybridized carbons (Fsp3) is 0.524. The van der Waals surface area contributed by atoms with E-state index < -0.39 is 0 Å². The van der Waals surface area contributed by atoms with Crippen molar-refractivity contribution in [1.82, 2.24) is 14.9 Å². The molecule has 2 saturated carbocycles. The van der Waals surface area contributed by atoms with E-state index in [0.29, 0.717) is 11.8 Å². The van der Waals surface area contributed by atoms with Crippen molar-refractivity contribution in [3.63, 3.8) is 0 Å². The third kappa shape index (κ3) is 3.63. The van der Waals surface area contributed by atoms with Crippen LogP contribution in [-0.4, -0.2) is 22.0 Å². The van der Waals surface area contributed by atoms with E-state index in [1.54, 1.807) is 12.5 Å². The van der Waals surface area contributed by atoms with Crippen LogP contribution in [0.2, 0.25) is 0 Å². The second kappa shape index (κ2) is 7.03. The summed E-state index contributed by atoms with van der Waals surface area (Å²) >= 11 is 0. The summed E-state index contributed by atoms with van der Waals surface area (Å²) in [6.45, 7) is 1.51. The van der Waals surface area contributed by atoms with E-state index in [0.717, 1.165) is 25.9 Å². The minimum Gasteiger partial charge on any atom is -0.355 e. The zero-order valence-electron chi connectivity index (χ0n) is 14.7. The first-order valence-electron chi connectivity index (χ1n) is 9.56. The average molecular weight is 337 g/mol. The Morgan fingerprint density at radius 2 is 2.00 bits per heavy atom. The van der Waals surface area contributed by atoms with E-state index in [-0.39, 0.29) is 11.3 Å². The fourth-order valence-electron chi connectivity index (χ4n) is 4.34. The van der Waals surface area contributed by atoms with Crippen LogP contribution in [0.5, 0.6) is 0 Å². The third-order valence-electron chi connectivity index (χ3n) is 6.06. The molecule has 0 bridgehead atoms. The third-order valence-corrected chi connectivity index (χ3v) is 6.06. The molecule has 0 saturated heterocycles. The molecule has 4 rings (SSSR count). The van der Waals surface area contributed by atoms with Gasteiger partial charge in [0.15, 0.2) is 0 Å². The van der Waals surface area contributed by atoms with Crippen LogP contribution in [0.3, 0.4) is 0 Å². The lowest BCUT2D eigenvalue weighted by Crippen LogP contribution is -2.38. The highest BCUT2D eigenvalue weighted by Gasteiger charge is 2.50. The molecule has 0 aliphatic heterocycles. The number of imidazole rings is 1. The van der Waals surface area contributed by atoms with Crippen molar-refractivity contribution < 1.29 is 4.79 Å². The molecule has 25 heavy (non-hydrogen) atoms. The second-order valence-electron chi connectivity index (χ2n) is 7.79. The zero-order chi connectivity index (χ0) is 17.1. The Kier molecular flexibility index (Phi) is 4.60. The summed E-state index contributed by atoms with van der Waals surface area (Å²) in [6.07, 6.45) is 12.7. The molecule has 0 spiro atoms. The number of carbonyl (C=O) groups is 1. The zero-order valence-corrected chi connectivity index (χ0v) is 14.7. The van der Waals surface area contributed by atoms with Crippen LogP contribution in [0, 0.1) is 11.3 Å². The largest absolute Gasteiger partial charge is 0.355 e. The first-order valence-corrected chi connectivity index (χ1v) is 9.56. The molecule has 2 aliphatic carbocycles. The van der Waals surface area contributed by atoms with Gasteiger partial charge in [-0.1, -0.05) is 43.2 Å². The molecular formula is C21H27N3O. The molecule has 2 aliphatic rings. The van der Waals surface area contributed by atoms with Crippen molar-refractivity contribution in [3.05, 3.63) is 54.6 Å². The minimum atomic E-state index is -0.211. The van der Waals surface area contributed by atoms with Crippen molar-refractivity contribution >= 4 is 5.91 Å². The molecule has 0 unspecified atom stereocenters. The number of carbonyl (C=O) groups excluding carboxylic acids is 1. The number of nitrogens with zero attached hydrogens (tertiary/aromatic N) is 2. The number of amides is 1. The maximum Gasteiger partial charge on any atom is 0.228 e. The Labute approximate surface area is 149 Å². The van der Waals surface area contributed by atoms with Gasteiger partial charge in [-0.15, -0.1) is 0 Å². The Morgan fingerprint density at radius 3 is 2.64 bits per heavy atom. The maximum atomic E-state index is 12.9. The summed E-state index contributed by atoms with van der Waals surface area (Å²) in [5.41, 5.74) is 1.16. The number of benzene rings is 1.